The van der Waals surface area contributed by atoms with E-state index >= 15 is 0 Å². The number of aromatic nitrogens is 2. The highest BCUT2D eigenvalue weighted by Crippen LogP contribution is 2.31. The molecule has 0 saturated heterocycles. The second-order valence-electron chi connectivity index (χ2n) is 10.6. The summed E-state index contributed by atoms with van der Waals surface area (Å²) in [5, 5.41) is 1.70. The van der Waals surface area contributed by atoms with Gasteiger partial charge in [-0.3, -0.25) is 9.59 Å². The maximum Gasteiger partial charge on any atom is 0.255 e. The molecule has 2 heterocycles. The van der Waals surface area contributed by atoms with Crippen molar-refractivity contribution in [2.24, 2.45) is 0 Å². The average Bonchev–Trinajstić information content (AvgIpc) is 3.03. The molecule has 1 fully saturated rings. The normalized spacial score (nSPS) is 13.8. The highest BCUT2D eigenvalue weighted by atomic mass is 16.5. The molecule has 6 rings (SSSR count). The van der Waals surface area contributed by atoms with Gasteiger partial charge in [0.05, 0.1) is 43.1 Å². The first-order valence-electron chi connectivity index (χ1n) is 14.1. The number of fused-ring (bicyclic) bond motifs is 2. The molecule has 0 unspecified atom stereocenters. The number of methoxy groups -OCH3 is 2. The highest BCUT2D eigenvalue weighted by Gasteiger charge is 2.29. The third-order valence-corrected chi connectivity index (χ3v) is 8.08. The van der Waals surface area contributed by atoms with Gasteiger partial charge in [0, 0.05) is 28.6 Å². The van der Waals surface area contributed by atoms with Gasteiger partial charge in [0.1, 0.15) is 11.5 Å². The van der Waals surface area contributed by atoms with Gasteiger partial charge in [-0.2, -0.15) is 0 Å². The third kappa shape index (κ3) is 5.40. The van der Waals surface area contributed by atoms with Crippen LogP contribution in [0.15, 0.2) is 83.7 Å². The Labute approximate surface area is 238 Å². The van der Waals surface area contributed by atoms with Gasteiger partial charge in [0.25, 0.3) is 11.5 Å². The molecule has 1 aliphatic rings. The van der Waals surface area contributed by atoms with E-state index in [4.69, 9.17) is 14.5 Å². The minimum absolute atomic E-state index is 0.0542. The van der Waals surface area contributed by atoms with E-state index in [1.807, 2.05) is 83.8 Å². The summed E-state index contributed by atoms with van der Waals surface area (Å²) < 4.78 is 10.6. The largest absolute Gasteiger partial charge is 0.497 e. The topological polar surface area (TPSA) is 84.5 Å². The van der Waals surface area contributed by atoms with Crippen LogP contribution in [0.3, 0.4) is 0 Å². The second-order valence-corrected chi connectivity index (χ2v) is 10.6. The predicted molar refractivity (Wildman–Crippen MR) is 162 cm³/mol. The van der Waals surface area contributed by atoms with E-state index in [1.165, 1.54) is 0 Å². The number of ether oxygens (including phenoxy) is 2. The molecule has 1 saturated carbocycles. The molecule has 1 N–H and O–H groups in total. The van der Waals surface area contributed by atoms with Crippen LogP contribution < -0.4 is 15.0 Å². The Balaban J connectivity index is 1.44. The van der Waals surface area contributed by atoms with Gasteiger partial charge in [-0.15, -0.1) is 0 Å². The first kappa shape index (κ1) is 26.6. The van der Waals surface area contributed by atoms with E-state index in [0.29, 0.717) is 22.4 Å². The number of nitrogens with zero attached hydrogens (tertiary/aromatic N) is 2. The van der Waals surface area contributed by atoms with Crippen molar-refractivity contribution in [3.05, 3.63) is 100 Å². The SMILES string of the molecule is COc1ccc(-c2cc(C(=O)N(Cc3cc4ccc(OC)cc4[nH]c3=O)C3CCCCC3)c3ccccc3n2)cc1. The molecule has 7 nitrogen and oxygen atoms in total. The van der Waals surface area contributed by atoms with Crippen LogP contribution in [-0.4, -0.2) is 41.0 Å². The Bertz CT molecular complexity index is 1770. The second kappa shape index (κ2) is 11.5. The van der Waals surface area contributed by atoms with E-state index in [0.717, 1.165) is 65.4 Å². The molecule has 41 heavy (non-hydrogen) atoms. The van der Waals surface area contributed by atoms with Gasteiger partial charge in [-0.1, -0.05) is 37.5 Å². The average molecular weight is 548 g/mol. The zero-order valence-corrected chi connectivity index (χ0v) is 23.4. The molecule has 0 spiro atoms. The summed E-state index contributed by atoms with van der Waals surface area (Å²) in [4.78, 5) is 37.6. The van der Waals surface area contributed by atoms with Crippen molar-refractivity contribution < 1.29 is 14.3 Å². The fourth-order valence-electron chi connectivity index (χ4n) is 5.83. The van der Waals surface area contributed by atoms with Crippen LogP contribution >= 0.6 is 0 Å². The molecule has 2 aromatic heterocycles. The Hall–Kier alpha value is -4.65. The Morgan fingerprint density at radius 2 is 1.63 bits per heavy atom. The van der Waals surface area contributed by atoms with E-state index in [-0.39, 0.29) is 24.1 Å². The van der Waals surface area contributed by atoms with Gasteiger partial charge in [0.2, 0.25) is 0 Å². The van der Waals surface area contributed by atoms with E-state index in [2.05, 4.69) is 4.98 Å². The van der Waals surface area contributed by atoms with Gasteiger partial charge < -0.3 is 19.4 Å². The predicted octanol–water partition coefficient (Wildman–Crippen LogP) is 6.74. The molecule has 5 aromatic rings. The van der Waals surface area contributed by atoms with Gasteiger partial charge in [-0.05, 0) is 72.8 Å². The molecule has 0 radical (unpaired) electrons. The fourth-order valence-corrected chi connectivity index (χ4v) is 5.83. The fraction of sp³-hybridized carbons (Fsp3) is 0.265. The molecule has 7 heteroatoms. The Morgan fingerprint density at radius 1 is 0.902 bits per heavy atom. The minimum atomic E-state index is -0.196. The minimum Gasteiger partial charge on any atom is -0.497 e. The quantitative estimate of drug-likeness (QED) is 0.244. The lowest BCUT2D eigenvalue weighted by molar-refractivity contribution is 0.0615. The lowest BCUT2D eigenvalue weighted by atomic mass is 9.92. The molecule has 0 atom stereocenters. The molecular weight excluding hydrogens is 514 g/mol. The van der Waals surface area contributed by atoms with Crippen LogP contribution in [0.2, 0.25) is 0 Å². The van der Waals surface area contributed by atoms with E-state index in [1.54, 1.807) is 14.2 Å². The first-order valence-corrected chi connectivity index (χ1v) is 14.1. The number of H-pyrrole nitrogens is 1. The summed E-state index contributed by atoms with van der Waals surface area (Å²) in [5.41, 5.74) is 4.04. The van der Waals surface area contributed by atoms with Crippen LogP contribution in [0.1, 0.15) is 48.0 Å². The summed E-state index contributed by atoms with van der Waals surface area (Å²) in [6.07, 6.45) is 5.13. The maximum absolute atomic E-state index is 14.6. The van der Waals surface area contributed by atoms with Crippen LogP contribution in [0, 0.1) is 0 Å². The van der Waals surface area contributed by atoms with Crippen molar-refractivity contribution in [3.63, 3.8) is 0 Å². The molecule has 0 aliphatic heterocycles. The van der Waals surface area contributed by atoms with Crippen molar-refractivity contribution >= 4 is 27.7 Å². The van der Waals surface area contributed by atoms with E-state index in [9.17, 15) is 9.59 Å². The zero-order valence-electron chi connectivity index (χ0n) is 23.4. The van der Waals surface area contributed by atoms with Crippen LogP contribution in [0.4, 0.5) is 0 Å². The molecule has 3 aromatic carbocycles. The summed E-state index contributed by atoms with van der Waals surface area (Å²) in [5.74, 6) is 1.35. The van der Waals surface area contributed by atoms with Crippen molar-refractivity contribution in [3.8, 4) is 22.8 Å². The van der Waals surface area contributed by atoms with Crippen molar-refractivity contribution in [1.29, 1.82) is 0 Å². The number of benzene rings is 3. The number of hydrogen-bond acceptors (Lipinski definition) is 5. The standard InChI is InChI=1S/C34H33N3O4/c1-40-26-15-12-22(13-16-26)32-20-29(28-10-6-7-11-30(28)35-32)34(39)37(25-8-4-3-5-9-25)21-24-18-23-14-17-27(41-2)19-31(23)36-33(24)38/h6-7,10-20,25H,3-5,8-9,21H2,1-2H3,(H,36,38). The number of para-hydroxylation sites is 1. The number of hydrogen-bond donors (Lipinski definition) is 1. The van der Waals surface area contributed by atoms with Gasteiger partial charge in [0.15, 0.2) is 0 Å². The summed E-state index contributed by atoms with van der Waals surface area (Å²) in [6, 6.07) is 24.9. The molecular formula is C34H33N3O4. The lowest BCUT2D eigenvalue weighted by Gasteiger charge is -2.34. The smallest absolute Gasteiger partial charge is 0.255 e. The van der Waals surface area contributed by atoms with Crippen molar-refractivity contribution in [2.75, 3.05) is 14.2 Å². The number of carbonyl (C=O) groups excluding carboxylic acids is 1. The summed E-state index contributed by atoms with van der Waals surface area (Å²) in [6.45, 7) is 0.231. The van der Waals surface area contributed by atoms with Gasteiger partial charge >= 0.3 is 0 Å². The Morgan fingerprint density at radius 3 is 2.39 bits per heavy atom. The van der Waals surface area contributed by atoms with Crippen LogP contribution in [0.25, 0.3) is 33.1 Å². The van der Waals surface area contributed by atoms with Crippen LogP contribution in [0.5, 0.6) is 11.5 Å². The number of carbonyl (C=O) groups is 1. The number of rotatable bonds is 7. The number of pyridine rings is 2. The monoisotopic (exact) mass is 547 g/mol. The van der Waals surface area contributed by atoms with Gasteiger partial charge in [-0.25, -0.2) is 4.98 Å². The Kier molecular flexibility index (Phi) is 7.42. The van der Waals surface area contributed by atoms with Crippen molar-refractivity contribution in [2.45, 2.75) is 44.7 Å². The van der Waals surface area contributed by atoms with Crippen LogP contribution in [-0.2, 0) is 6.54 Å². The van der Waals surface area contributed by atoms with Crippen molar-refractivity contribution in [1.82, 2.24) is 14.9 Å². The summed E-state index contributed by atoms with van der Waals surface area (Å²) in [7, 11) is 3.24. The number of amides is 1. The lowest BCUT2D eigenvalue weighted by Crippen LogP contribution is -2.42. The number of aromatic amines is 1. The molecule has 1 amide bonds. The third-order valence-electron chi connectivity index (χ3n) is 8.08. The summed E-state index contributed by atoms with van der Waals surface area (Å²) >= 11 is 0. The highest BCUT2D eigenvalue weighted by molar-refractivity contribution is 6.07. The zero-order chi connectivity index (χ0) is 28.3. The molecule has 0 bridgehead atoms. The maximum atomic E-state index is 14.6. The first-order chi connectivity index (χ1) is 20.0. The van der Waals surface area contributed by atoms with E-state index < -0.39 is 0 Å². The molecule has 208 valence electrons. The number of nitrogens with one attached hydrogen (secondary N) is 1. The molecule has 1 aliphatic carbocycles.